The summed E-state index contributed by atoms with van der Waals surface area (Å²) < 4.78 is 21.6. The molecule has 0 spiro atoms. The quantitative estimate of drug-likeness (QED) is 0.703. The lowest BCUT2D eigenvalue weighted by Crippen LogP contribution is -2.15. The lowest BCUT2D eigenvalue weighted by atomic mass is 10.1. The minimum atomic E-state index is -0.321. The summed E-state index contributed by atoms with van der Waals surface area (Å²) in [6, 6.07) is 10.7. The molecule has 1 aliphatic rings. The Morgan fingerprint density at radius 3 is 2.68 bits per heavy atom. The number of thiazole rings is 1. The van der Waals surface area contributed by atoms with Crippen LogP contribution in [0.3, 0.4) is 0 Å². The molecule has 0 saturated carbocycles. The zero-order chi connectivity index (χ0) is 19.5. The zero-order valence-corrected chi connectivity index (χ0v) is 16.2. The molecule has 0 unspecified atom stereocenters. The standard InChI is InChI=1S/C20H18N2O5S/c1-24-13-4-6-16(25-2)14(10-13)19(23)22-20-21-15(11-28-20)12-3-5-17-18(9-12)27-8-7-26-17/h3-6,9-11H,7-8H2,1-2H3,(H,21,22,23). The van der Waals surface area contributed by atoms with Crippen LogP contribution in [0.1, 0.15) is 10.4 Å². The fraction of sp³-hybridized carbons (Fsp3) is 0.200. The molecular formula is C20H18N2O5S. The Labute approximate surface area is 165 Å². The number of carbonyl (C=O) groups excluding carboxylic acids is 1. The van der Waals surface area contributed by atoms with Gasteiger partial charge < -0.3 is 18.9 Å². The maximum absolute atomic E-state index is 12.7. The van der Waals surface area contributed by atoms with Gasteiger partial charge in [0, 0.05) is 10.9 Å². The number of carbonyl (C=O) groups is 1. The molecule has 1 amide bonds. The van der Waals surface area contributed by atoms with E-state index < -0.39 is 0 Å². The van der Waals surface area contributed by atoms with Crippen LogP contribution in [0.2, 0.25) is 0 Å². The summed E-state index contributed by atoms with van der Waals surface area (Å²) in [5.41, 5.74) is 2.01. The third kappa shape index (κ3) is 3.59. The molecule has 1 N–H and O–H groups in total. The van der Waals surface area contributed by atoms with E-state index in [-0.39, 0.29) is 5.91 Å². The van der Waals surface area contributed by atoms with Crippen molar-refractivity contribution in [2.75, 3.05) is 32.8 Å². The first-order valence-electron chi connectivity index (χ1n) is 8.57. The highest BCUT2D eigenvalue weighted by atomic mass is 32.1. The van der Waals surface area contributed by atoms with Crippen molar-refractivity contribution in [3.8, 4) is 34.3 Å². The summed E-state index contributed by atoms with van der Waals surface area (Å²) in [6.07, 6.45) is 0. The highest BCUT2D eigenvalue weighted by Crippen LogP contribution is 2.35. The molecule has 0 bridgehead atoms. The molecule has 28 heavy (non-hydrogen) atoms. The van der Waals surface area contributed by atoms with E-state index in [9.17, 15) is 4.79 Å². The number of amides is 1. The van der Waals surface area contributed by atoms with Gasteiger partial charge in [-0.15, -0.1) is 11.3 Å². The van der Waals surface area contributed by atoms with E-state index in [1.54, 1.807) is 25.3 Å². The van der Waals surface area contributed by atoms with Gasteiger partial charge in [0.2, 0.25) is 0 Å². The summed E-state index contributed by atoms with van der Waals surface area (Å²) in [5, 5.41) is 5.18. The molecule has 0 radical (unpaired) electrons. The van der Waals surface area contributed by atoms with Gasteiger partial charge >= 0.3 is 0 Å². The maximum Gasteiger partial charge on any atom is 0.261 e. The Balaban J connectivity index is 1.55. The number of anilines is 1. The molecule has 3 aromatic rings. The van der Waals surface area contributed by atoms with Crippen molar-refractivity contribution in [2.24, 2.45) is 0 Å². The second-order valence-electron chi connectivity index (χ2n) is 5.92. The first-order valence-corrected chi connectivity index (χ1v) is 9.45. The van der Waals surface area contributed by atoms with Crippen molar-refractivity contribution in [3.63, 3.8) is 0 Å². The third-order valence-electron chi connectivity index (χ3n) is 4.21. The molecule has 8 heteroatoms. The van der Waals surface area contributed by atoms with E-state index in [0.717, 1.165) is 17.0 Å². The number of hydrogen-bond acceptors (Lipinski definition) is 7. The largest absolute Gasteiger partial charge is 0.497 e. The first kappa shape index (κ1) is 18.1. The monoisotopic (exact) mass is 398 g/mol. The van der Waals surface area contributed by atoms with Gasteiger partial charge in [-0.3, -0.25) is 10.1 Å². The molecule has 0 aliphatic carbocycles. The smallest absolute Gasteiger partial charge is 0.261 e. The Morgan fingerprint density at radius 2 is 1.89 bits per heavy atom. The van der Waals surface area contributed by atoms with Gasteiger partial charge in [0.15, 0.2) is 16.6 Å². The number of nitrogens with zero attached hydrogens (tertiary/aromatic N) is 1. The van der Waals surface area contributed by atoms with Gasteiger partial charge in [0.1, 0.15) is 24.7 Å². The van der Waals surface area contributed by atoms with Crippen LogP contribution in [0.4, 0.5) is 5.13 Å². The topological polar surface area (TPSA) is 78.9 Å². The normalized spacial score (nSPS) is 12.4. The molecular weight excluding hydrogens is 380 g/mol. The molecule has 144 valence electrons. The third-order valence-corrected chi connectivity index (χ3v) is 4.97. The van der Waals surface area contributed by atoms with Crippen LogP contribution in [0.5, 0.6) is 23.0 Å². The molecule has 2 aromatic carbocycles. The highest BCUT2D eigenvalue weighted by Gasteiger charge is 2.17. The number of nitrogens with one attached hydrogen (secondary N) is 1. The van der Waals surface area contributed by atoms with Crippen LogP contribution in [-0.4, -0.2) is 38.3 Å². The van der Waals surface area contributed by atoms with Crippen LogP contribution in [0.15, 0.2) is 41.8 Å². The van der Waals surface area contributed by atoms with Gasteiger partial charge in [-0.25, -0.2) is 4.98 Å². The van der Waals surface area contributed by atoms with E-state index >= 15 is 0 Å². The summed E-state index contributed by atoms with van der Waals surface area (Å²) in [5.74, 6) is 2.13. The molecule has 2 heterocycles. The summed E-state index contributed by atoms with van der Waals surface area (Å²) in [7, 11) is 3.06. The fourth-order valence-corrected chi connectivity index (χ4v) is 3.54. The number of ether oxygens (including phenoxy) is 4. The average Bonchev–Trinajstić information content (AvgIpc) is 3.21. The van der Waals surface area contributed by atoms with Crippen LogP contribution in [0, 0.1) is 0 Å². The Kier molecular flexibility index (Phi) is 5.03. The van der Waals surface area contributed by atoms with Crippen LogP contribution < -0.4 is 24.3 Å². The number of hydrogen-bond donors (Lipinski definition) is 1. The second-order valence-corrected chi connectivity index (χ2v) is 6.77. The van der Waals surface area contributed by atoms with Crippen molar-refractivity contribution in [2.45, 2.75) is 0 Å². The second kappa shape index (κ2) is 7.77. The maximum atomic E-state index is 12.7. The summed E-state index contributed by atoms with van der Waals surface area (Å²) >= 11 is 1.34. The Morgan fingerprint density at radius 1 is 1.07 bits per heavy atom. The molecule has 7 nitrogen and oxygen atoms in total. The van der Waals surface area contributed by atoms with Gasteiger partial charge in [-0.2, -0.15) is 0 Å². The molecule has 0 saturated heterocycles. The van der Waals surface area contributed by atoms with Gasteiger partial charge in [0.25, 0.3) is 5.91 Å². The number of fused-ring (bicyclic) bond motifs is 1. The van der Waals surface area contributed by atoms with Gasteiger partial charge in [0.05, 0.1) is 25.5 Å². The molecule has 0 atom stereocenters. The Hall–Kier alpha value is -3.26. The SMILES string of the molecule is COc1ccc(OC)c(C(=O)Nc2nc(-c3ccc4c(c3)OCCO4)cs2)c1. The molecule has 4 rings (SSSR count). The summed E-state index contributed by atoms with van der Waals surface area (Å²) in [6.45, 7) is 1.07. The predicted octanol–water partition coefficient (Wildman–Crippen LogP) is 3.85. The number of benzene rings is 2. The average molecular weight is 398 g/mol. The van der Waals surface area contributed by atoms with E-state index in [2.05, 4.69) is 10.3 Å². The molecule has 0 fully saturated rings. The fourth-order valence-electron chi connectivity index (χ4n) is 2.82. The number of rotatable bonds is 5. The van der Waals surface area contributed by atoms with Crippen molar-refractivity contribution in [1.29, 1.82) is 0 Å². The molecule has 1 aromatic heterocycles. The lowest BCUT2D eigenvalue weighted by molar-refractivity contribution is 0.102. The van der Waals surface area contributed by atoms with E-state index in [0.29, 0.717) is 41.2 Å². The summed E-state index contributed by atoms with van der Waals surface area (Å²) in [4.78, 5) is 17.2. The highest BCUT2D eigenvalue weighted by molar-refractivity contribution is 7.14. The zero-order valence-electron chi connectivity index (χ0n) is 15.4. The van der Waals surface area contributed by atoms with Crippen LogP contribution in [0.25, 0.3) is 11.3 Å². The number of methoxy groups -OCH3 is 2. The van der Waals surface area contributed by atoms with Crippen LogP contribution in [-0.2, 0) is 0 Å². The molecule has 1 aliphatic heterocycles. The minimum absolute atomic E-state index is 0.321. The van der Waals surface area contributed by atoms with E-state index in [1.807, 2.05) is 23.6 Å². The van der Waals surface area contributed by atoms with Crippen molar-refractivity contribution >= 4 is 22.4 Å². The van der Waals surface area contributed by atoms with Crippen molar-refractivity contribution in [3.05, 3.63) is 47.3 Å². The van der Waals surface area contributed by atoms with Gasteiger partial charge in [-0.1, -0.05) is 0 Å². The first-order chi connectivity index (χ1) is 13.7. The van der Waals surface area contributed by atoms with Crippen molar-refractivity contribution < 1.29 is 23.7 Å². The predicted molar refractivity (Wildman–Crippen MR) is 106 cm³/mol. The lowest BCUT2D eigenvalue weighted by Gasteiger charge is -2.18. The minimum Gasteiger partial charge on any atom is -0.497 e. The van der Waals surface area contributed by atoms with Crippen LogP contribution >= 0.6 is 11.3 Å². The Bertz CT molecular complexity index is 1020. The van der Waals surface area contributed by atoms with E-state index in [1.165, 1.54) is 18.4 Å². The van der Waals surface area contributed by atoms with Crippen molar-refractivity contribution in [1.82, 2.24) is 4.98 Å². The van der Waals surface area contributed by atoms with E-state index in [4.69, 9.17) is 18.9 Å². The van der Waals surface area contributed by atoms with Gasteiger partial charge in [-0.05, 0) is 36.4 Å². The number of aromatic nitrogens is 1.